The van der Waals surface area contributed by atoms with Crippen LogP contribution in [-0.4, -0.2) is 43.0 Å². The van der Waals surface area contributed by atoms with Crippen LogP contribution in [0.1, 0.15) is 25.8 Å². The summed E-state index contributed by atoms with van der Waals surface area (Å²) in [6.45, 7) is 4.27. The molecule has 0 unspecified atom stereocenters. The van der Waals surface area contributed by atoms with E-state index in [1.54, 1.807) is 38.3 Å². The molecule has 0 aromatic heterocycles. The first kappa shape index (κ1) is 22.6. The van der Waals surface area contributed by atoms with E-state index >= 15 is 0 Å². The van der Waals surface area contributed by atoms with Gasteiger partial charge in [-0.3, -0.25) is 9.59 Å². The lowest BCUT2D eigenvalue weighted by atomic mass is 10.1. The number of ether oxygens (including phenoxy) is 2. The molecule has 0 saturated carbocycles. The van der Waals surface area contributed by atoms with Crippen LogP contribution in [-0.2, 0) is 16.1 Å². The average Bonchev–Trinajstić information content (AvgIpc) is 2.74. The Hall–Kier alpha value is -2.73. The molecule has 0 fully saturated rings. The number of hydrogen-bond donors (Lipinski definition) is 1. The van der Waals surface area contributed by atoms with Crippen molar-refractivity contribution < 1.29 is 19.1 Å². The zero-order valence-corrected chi connectivity index (χ0v) is 17.7. The summed E-state index contributed by atoms with van der Waals surface area (Å²) in [4.78, 5) is 26.9. The van der Waals surface area contributed by atoms with Gasteiger partial charge >= 0.3 is 0 Å². The monoisotopic (exact) mass is 418 g/mol. The number of carbonyl (C=O) groups is 2. The summed E-state index contributed by atoms with van der Waals surface area (Å²) < 4.78 is 10.8. The number of hydrogen-bond acceptors (Lipinski definition) is 4. The zero-order valence-electron chi connectivity index (χ0n) is 17.0. The fourth-order valence-electron chi connectivity index (χ4n) is 2.73. The van der Waals surface area contributed by atoms with Crippen LogP contribution in [0.2, 0.25) is 5.02 Å². The molecule has 2 aromatic carbocycles. The highest BCUT2D eigenvalue weighted by Crippen LogP contribution is 2.23. The van der Waals surface area contributed by atoms with Crippen molar-refractivity contribution in [3.05, 3.63) is 59.1 Å². The number of rotatable bonds is 10. The maximum Gasteiger partial charge on any atom is 0.261 e. The summed E-state index contributed by atoms with van der Waals surface area (Å²) in [5.41, 5.74) is 0.852. The number of amides is 2. The van der Waals surface area contributed by atoms with E-state index in [1.165, 1.54) is 4.90 Å². The van der Waals surface area contributed by atoms with E-state index in [0.717, 1.165) is 12.0 Å². The fraction of sp³-hybridized carbons (Fsp3) is 0.364. The van der Waals surface area contributed by atoms with Gasteiger partial charge in [-0.15, -0.1) is 0 Å². The molecule has 0 radical (unpaired) electrons. The molecule has 0 bridgehead atoms. The highest BCUT2D eigenvalue weighted by atomic mass is 35.5. The lowest BCUT2D eigenvalue weighted by Crippen LogP contribution is -2.49. The van der Waals surface area contributed by atoms with Crippen molar-refractivity contribution in [3.8, 4) is 11.5 Å². The summed E-state index contributed by atoms with van der Waals surface area (Å²) in [5, 5.41) is 3.26. The minimum Gasteiger partial charge on any atom is -0.497 e. The predicted octanol–water partition coefficient (Wildman–Crippen LogP) is 3.67. The van der Waals surface area contributed by atoms with E-state index < -0.39 is 6.04 Å². The van der Waals surface area contributed by atoms with Crippen molar-refractivity contribution in [1.82, 2.24) is 10.2 Å². The van der Waals surface area contributed by atoms with Crippen molar-refractivity contribution in [1.29, 1.82) is 0 Å². The SMILES string of the molecule is CCCNC(=O)[C@@H](C)N(Cc1cccc(OC)c1)C(=O)COc1ccccc1Cl. The van der Waals surface area contributed by atoms with E-state index in [1.807, 2.05) is 31.2 Å². The quantitative estimate of drug-likeness (QED) is 0.639. The van der Waals surface area contributed by atoms with E-state index in [0.29, 0.717) is 23.1 Å². The zero-order chi connectivity index (χ0) is 21.2. The Kier molecular flexibility index (Phi) is 8.80. The van der Waals surface area contributed by atoms with Crippen LogP contribution < -0.4 is 14.8 Å². The van der Waals surface area contributed by atoms with Crippen LogP contribution in [0.5, 0.6) is 11.5 Å². The Labute approximate surface area is 176 Å². The molecule has 2 amide bonds. The molecule has 0 spiro atoms. The summed E-state index contributed by atoms with van der Waals surface area (Å²) in [6.07, 6.45) is 0.817. The first-order chi connectivity index (χ1) is 14.0. The molecule has 0 aliphatic heterocycles. The Morgan fingerprint density at radius 2 is 1.93 bits per heavy atom. The van der Waals surface area contributed by atoms with E-state index in [-0.39, 0.29) is 25.0 Å². The molecule has 0 aliphatic rings. The highest BCUT2D eigenvalue weighted by molar-refractivity contribution is 6.32. The molecule has 6 nitrogen and oxygen atoms in total. The Bertz CT molecular complexity index is 828. The molecule has 156 valence electrons. The molecule has 0 aliphatic carbocycles. The second-order valence-corrected chi connectivity index (χ2v) is 6.97. The topological polar surface area (TPSA) is 67.9 Å². The lowest BCUT2D eigenvalue weighted by molar-refractivity contribution is -0.142. The third-order valence-corrected chi connectivity index (χ3v) is 4.70. The highest BCUT2D eigenvalue weighted by Gasteiger charge is 2.26. The molecule has 1 atom stereocenters. The van der Waals surface area contributed by atoms with Gasteiger partial charge in [0.25, 0.3) is 5.91 Å². The van der Waals surface area contributed by atoms with Gasteiger partial charge in [0.15, 0.2) is 6.61 Å². The van der Waals surface area contributed by atoms with E-state index in [4.69, 9.17) is 21.1 Å². The molecule has 7 heteroatoms. The van der Waals surface area contributed by atoms with Crippen LogP contribution >= 0.6 is 11.6 Å². The molecule has 0 heterocycles. The van der Waals surface area contributed by atoms with Crippen LogP contribution in [0.15, 0.2) is 48.5 Å². The second-order valence-electron chi connectivity index (χ2n) is 6.56. The molecule has 2 aromatic rings. The second kappa shape index (κ2) is 11.3. The normalized spacial score (nSPS) is 11.4. The van der Waals surface area contributed by atoms with Crippen molar-refractivity contribution in [2.24, 2.45) is 0 Å². The smallest absolute Gasteiger partial charge is 0.261 e. The summed E-state index contributed by atoms with van der Waals surface area (Å²) in [7, 11) is 1.58. The number of nitrogens with zero attached hydrogens (tertiary/aromatic N) is 1. The number of benzene rings is 2. The van der Waals surface area contributed by atoms with Gasteiger partial charge in [-0.05, 0) is 43.2 Å². The fourth-order valence-corrected chi connectivity index (χ4v) is 2.92. The van der Waals surface area contributed by atoms with Crippen LogP contribution in [0.3, 0.4) is 0 Å². The Morgan fingerprint density at radius 1 is 1.17 bits per heavy atom. The minimum absolute atomic E-state index is 0.208. The number of halogens is 1. The van der Waals surface area contributed by atoms with Gasteiger partial charge in [-0.1, -0.05) is 42.8 Å². The first-order valence-corrected chi connectivity index (χ1v) is 9.91. The summed E-state index contributed by atoms with van der Waals surface area (Å²) >= 11 is 6.09. The third-order valence-electron chi connectivity index (χ3n) is 4.39. The van der Waals surface area contributed by atoms with E-state index in [9.17, 15) is 9.59 Å². The standard InChI is InChI=1S/C22H27ClN2O4/c1-4-12-24-22(27)16(2)25(14-17-8-7-9-18(13-17)28-3)21(26)15-29-20-11-6-5-10-19(20)23/h5-11,13,16H,4,12,14-15H2,1-3H3,(H,24,27)/t16-/m1/s1. The Balaban J connectivity index is 2.16. The van der Waals surface area contributed by atoms with Crippen molar-refractivity contribution in [2.75, 3.05) is 20.3 Å². The van der Waals surface area contributed by atoms with Gasteiger partial charge in [0, 0.05) is 13.1 Å². The molecule has 0 saturated heterocycles. The largest absolute Gasteiger partial charge is 0.497 e. The van der Waals surface area contributed by atoms with Crippen LogP contribution in [0.25, 0.3) is 0 Å². The molecule has 29 heavy (non-hydrogen) atoms. The van der Waals surface area contributed by atoms with Gasteiger partial charge in [0.2, 0.25) is 5.91 Å². The maximum atomic E-state index is 13.0. The Morgan fingerprint density at radius 3 is 2.62 bits per heavy atom. The first-order valence-electron chi connectivity index (χ1n) is 9.53. The van der Waals surface area contributed by atoms with Gasteiger partial charge in [0.1, 0.15) is 17.5 Å². The average molecular weight is 419 g/mol. The molecule has 1 N–H and O–H groups in total. The lowest BCUT2D eigenvalue weighted by Gasteiger charge is -2.29. The van der Waals surface area contributed by atoms with Gasteiger partial charge < -0.3 is 19.7 Å². The number of methoxy groups -OCH3 is 1. The summed E-state index contributed by atoms with van der Waals surface area (Å²) in [6, 6.07) is 13.7. The van der Waals surface area contributed by atoms with Crippen molar-refractivity contribution >= 4 is 23.4 Å². The minimum atomic E-state index is -0.657. The number of carbonyl (C=O) groups excluding carboxylic acids is 2. The molecular weight excluding hydrogens is 392 g/mol. The van der Waals surface area contributed by atoms with Gasteiger partial charge in [-0.2, -0.15) is 0 Å². The van der Waals surface area contributed by atoms with Gasteiger partial charge in [-0.25, -0.2) is 0 Å². The van der Waals surface area contributed by atoms with Crippen molar-refractivity contribution in [3.63, 3.8) is 0 Å². The summed E-state index contributed by atoms with van der Waals surface area (Å²) in [5.74, 6) is 0.588. The maximum absolute atomic E-state index is 13.0. The van der Waals surface area contributed by atoms with Crippen molar-refractivity contribution in [2.45, 2.75) is 32.9 Å². The molecule has 2 rings (SSSR count). The van der Waals surface area contributed by atoms with Crippen LogP contribution in [0.4, 0.5) is 0 Å². The van der Waals surface area contributed by atoms with Crippen LogP contribution in [0, 0.1) is 0 Å². The van der Waals surface area contributed by atoms with Gasteiger partial charge in [0.05, 0.1) is 12.1 Å². The number of nitrogens with one attached hydrogen (secondary N) is 1. The van der Waals surface area contributed by atoms with E-state index in [2.05, 4.69) is 5.32 Å². The number of para-hydroxylation sites is 1. The molecular formula is C22H27ClN2O4. The third kappa shape index (κ3) is 6.68. The predicted molar refractivity (Wildman–Crippen MR) is 113 cm³/mol.